The average Bonchev–Trinajstić information content (AvgIpc) is 3.07. The molecule has 2 heterocycles. The summed E-state index contributed by atoms with van der Waals surface area (Å²) in [4.78, 5) is 25.4. The zero-order valence-electron chi connectivity index (χ0n) is 15.9. The number of benzene rings is 2. The molecule has 4 rings (SSSR count). The zero-order chi connectivity index (χ0) is 19.3. The van der Waals surface area contributed by atoms with Crippen LogP contribution in [0.15, 0.2) is 60.7 Å². The average molecular weight is 377 g/mol. The number of fused-ring (bicyclic) bond motifs is 2. The molecule has 5 heteroatoms. The van der Waals surface area contributed by atoms with Gasteiger partial charge < -0.3 is 16.0 Å². The number of hydrogen-bond acceptors (Lipinski definition) is 3. The summed E-state index contributed by atoms with van der Waals surface area (Å²) in [5.74, 6) is -0.171. The maximum atomic E-state index is 12.8. The molecule has 2 aliphatic rings. The van der Waals surface area contributed by atoms with Crippen LogP contribution in [0.25, 0.3) is 0 Å². The lowest BCUT2D eigenvalue weighted by atomic mass is 9.98. The Hall–Kier alpha value is -2.66. The summed E-state index contributed by atoms with van der Waals surface area (Å²) in [5.41, 5.74) is 1.53. The summed E-state index contributed by atoms with van der Waals surface area (Å²) in [7, 11) is 0. The zero-order valence-corrected chi connectivity index (χ0v) is 15.9. The van der Waals surface area contributed by atoms with E-state index >= 15 is 0 Å². The fourth-order valence-electron chi connectivity index (χ4n) is 4.42. The minimum atomic E-state index is -0.354. The first-order valence-corrected chi connectivity index (χ1v) is 10.1. The van der Waals surface area contributed by atoms with Crippen LogP contribution in [0.3, 0.4) is 0 Å². The van der Waals surface area contributed by atoms with Gasteiger partial charge in [0.1, 0.15) is 0 Å². The highest BCUT2D eigenvalue weighted by Crippen LogP contribution is 2.27. The fraction of sp³-hybridized carbons (Fsp3) is 0.391. The third kappa shape index (κ3) is 4.60. The van der Waals surface area contributed by atoms with Crippen molar-refractivity contribution in [2.24, 2.45) is 0 Å². The van der Waals surface area contributed by atoms with Gasteiger partial charge in [-0.25, -0.2) is 0 Å². The molecule has 28 heavy (non-hydrogen) atoms. The predicted octanol–water partition coefficient (Wildman–Crippen LogP) is 2.95. The van der Waals surface area contributed by atoms with Gasteiger partial charge in [-0.3, -0.25) is 9.59 Å². The van der Waals surface area contributed by atoms with Gasteiger partial charge in [0.25, 0.3) is 5.91 Å². The maximum absolute atomic E-state index is 12.8. The van der Waals surface area contributed by atoms with Crippen LogP contribution in [0.5, 0.6) is 0 Å². The molecular formula is C23H27N3O2. The number of rotatable bonds is 6. The molecule has 2 aromatic rings. The van der Waals surface area contributed by atoms with E-state index in [0.29, 0.717) is 17.6 Å². The molecule has 0 radical (unpaired) electrons. The van der Waals surface area contributed by atoms with Crippen LogP contribution in [-0.2, 0) is 4.79 Å². The summed E-state index contributed by atoms with van der Waals surface area (Å²) in [6.07, 6.45) is 4.64. The molecule has 5 nitrogen and oxygen atoms in total. The first-order valence-electron chi connectivity index (χ1n) is 10.1. The van der Waals surface area contributed by atoms with Crippen LogP contribution >= 0.6 is 0 Å². The molecule has 2 bridgehead atoms. The molecule has 2 amide bonds. The molecule has 3 atom stereocenters. The Bertz CT molecular complexity index is 797. The van der Waals surface area contributed by atoms with Gasteiger partial charge in [0.2, 0.25) is 5.91 Å². The van der Waals surface area contributed by atoms with Crippen molar-refractivity contribution >= 4 is 11.8 Å². The third-order valence-corrected chi connectivity index (χ3v) is 5.77. The summed E-state index contributed by atoms with van der Waals surface area (Å²) in [6, 6.07) is 19.8. The molecule has 2 aliphatic heterocycles. The lowest BCUT2D eigenvalue weighted by Gasteiger charge is -2.30. The minimum Gasteiger partial charge on any atom is -0.353 e. The SMILES string of the molecule is O=C(CC(NC(=O)c1ccccc1)c1ccccc1)NC1CC2CCC(C1)N2. The first-order chi connectivity index (χ1) is 13.7. The summed E-state index contributed by atoms with van der Waals surface area (Å²) in [5, 5.41) is 9.83. The van der Waals surface area contributed by atoms with E-state index in [-0.39, 0.29) is 30.3 Å². The fourth-order valence-corrected chi connectivity index (χ4v) is 4.42. The highest BCUT2D eigenvalue weighted by Gasteiger charge is 2.34. The van der Waals surface area contributed by atoms with Gasteiger partial charge in [0.05, 0.1) is 12.5 Å². The maximum Gasteiger partial charge on any atom is 0.251 e. The van der Waals surface area contributed by atoms with E-state index in [1.807, 2.05) is 48.5 Å². The smallest absolute Gasteiger partial charge is 0.251 e. The molecule has 146 valence electrons. The predicted molar refractivity (Wildman–Crippen MR) is 109 cm³/mol. The van der Waals surface area contributed by atoms with Crippen molar-refractivity contribution in [1.29, 1.82) is 0 Å². The third-order valence-electron chi connectivity index (χ3n) is 5.77. The van der Waals surface area contributed by atoms with Crippen molar-refractivity contribution in [2.45, 2.75) is 56.3 Å². The highest BCUT2D eigenvalue weighted by molar-refractivity contribution is 5.94. The molecule has 0 spiro atoms. The Labute approximate surface area is 165 Å². The van der Waals surface area contributed by atoms with E-state index < -0.39 is 0 Å². The Morgan fingerprint density at radius 1 is 0.929 bits per heavy atom. The van der Waals surface area contributed by atoms with Gasteiger partial charge in [-0.15, -0.1) is 0 Å². The highest BCUT2D eigenvalue weighted by atomic mass is 16.2. The molecule has 0 saturated carbocycles. The lowest BCUT2D eigenvalue weighted by molar-refractivity contribution is -0.122. The number of carbonyl (C=O) groups excluding carboxylic acids is 2. The Balaban J connectivity index is 1.42. The second-order valence-corrected chi connectivity index (χ2v) is 7.88. The van der Waals surface area contributed by atoms with E-state index in [0.717, 1.165) is 18.4 Å². The number of carbonyl (C=O) groups is 2. The van der Waals surface area contributed by atoms with Crippen molar-refractivity contribution in [3.8, 4) is 0 Å². The van der Waals surface area contributed by atoms with Gasteiger partial charge in [0, 0.05) is 23.7 Å². The monoisotopic (exact) mass is 377 g/mol. The van der Waals surface area contributed by atoms with Crippen molar-refractivity contribution in [3.05, 3.63) is 71.8 Å². The van der Waals surface area contributed by atoms with Gasteiger partial charge in [-0.2, -0.15) is 0 Å². The molecule has 0 aromatic heterocycles. The molecule has 2 fully saturated rings. The number of hydrogen-bond donors (Lipinski definition) is 3. The van der Waals surface area contributed by atoms with Gasteiger partial charge in [0.15, 0.2) is 0 Å². The number of nitrogens with one attached hydrogen (secondary N) is 3. The standard InChI is InChI=1S/C23H27N3O2/c27-22(25-20-13-18-11-12-19(14-20)24-18)15-21(16-7-3-1-4-8-16)26-23(28)17-9-5-2-6-10-17/h1-10,18-21,24H,11-15H2,(H,25,27)(H,26,28). The van der Waals surface area contributed by atoms with E-state index in [2.05, 4.69) is 16.0 Å². The van der Waals surface area contributed by atoms with Gasteiger partial charge >= 0.3 is 0 Å². The normalized spacial score (nSPS) is 24.4. The second-order valence-electron chi connectivity index (χ2n) is 7.88. The van der Waals surface area contributed by atoms with Crippen molar-refractivity contribution in [1.82, 2.24) is 16.0 Å². The summed E-state index contributed by atoms with van der Waals surface area (Å²) in [6.45, 7) is 0. The van der Waals surface area contributed by atoms with Crippen LogP contribution < -0.4 is 16.0 Å². The summed E-state index contributed by atoms with van der Waals surface area (Å²) < 4.78 is 0. The second kappa shape index (κ2) is 8.57. The number of piperidine rings is 1. The Morgan fingerprint density at radius 2 is 1.54 bits per heavy atom. The quantitative estimate of drug-likeness (QED) is 0.725. The lowest BCUT2D eigenvalue weighted by Crippen LogP contribution is -2.48. The molecule has 0 aliphatic carbocycles. The largest absolute Gasteiger partial charge is 0.353 e. The Kier molecular flexibility index (Phi) is 5.72. The van der Waals surface area contributed by atoms with E-state index in [1.54, 1.807) is 12.1 Å². The van der Waals surface area contributed by atoms with Crippen molar-refractivity contribution in [2.75, 3.05) is 0 Å². The van der Waals surface area contributed by atoms with Crippen LogP contribution in [-0.4, -0.2) is 29.9 Å². The molecule has 2 saturated heterocycles. The van der Waals surface area contributed by atoms with E-state index in [1.165, 1.54) is 12.8 Å². The molecule has 2 aromatic carbocycles. The van der Waals surface area contributed by atoms with Crippen molar-refractivity contribution < 1.29 is 9.59 Å². The topological polar surface area (TPSA) is 70.2 Å². The van der Waals surface area contributed by atoms with Crippen LogP contribution in [0.2, 0.25) is 0 Å². The van der Waals surface area contributed by atoms with E-state index in [4.69, 9.17) is 0 Å². The van der Waals surface area contributed by atoms with Crippen molar-refractivity contribution in [3.63, 3.8) is 0 Å². The summed E-state index contributed by atoms with van der Waals surface area (Å²) >= 11 is 0. The molecule has 3 N–H and O–H groups in total. The van der Waals surface area contributed by atoms with Crippen LogP contribution in [0.4, 0.5) is 0 Å². The first kappa shape index (κ1) is 18.7. The molecule has 3 unspecified atom stereocenters. The van der Waals surface area contributed by atoms with Gasteiger partial charge in [-0.05, 0) is 43.4 Å². The van der Waals surface area contributed by atoms with Crippen LogP contribution in [0, 0.1) is 0 Å². The van der Waals surface area contributed by atoms with Crippen LogP contribution in [0.1, 0.15) is 54.1 Å². The Morgan fingerprint density at radius 3 is 2.18 bits per heavy atom. The molecular weight excluding hydrogens is 350 g/mol. The number of amides is 2. The minimum absolute atomic E-state index is 0.00600. The van der Waals surface area contributed by atoms with Gasteiger partial charge in [-0.1, -0.05) is 48.5 Å². The van der Waals surface area contributed by atoms with E-state index in [9.17, 15) is 9.59 Å².